The van der Waals surface area contributed by atoms with Crippen LogP contribution in [0.25, 0.3) is 0 Å². The number of hydrogen-bond donors (Lipinski definition) is 1. The van der Waals surface area contributed by atoms with Gasteiger partial charge in [-0.25, -0.2) is 3.11 Å². The molecule has 5 atom stereocenters. The van der Waals surface area contributed by atoms with Gasteiger partial charge in [0.15, 0.2) is 0 Å². The van der Waals surface area contributed by atoms with Crippen LogP contribution in [0.3, 0.4) is 0 Å². The molecule has 0 spiro atoms. The Morgan fingerprint density at radius 1 is 1.48 bits per heavy atom. The minimum atomic E-state index is -0.185. The quantitative estimate of drug-likeness (QED) is 0.276. The number of halogens is 2. The highest BCUT2D eigenvalue weighted by molar-refractivity contribution is 14.1. The second-order valence-electron chi connectivity index (χ2n) is 7.33. The maximum atomic E-state index is 12.2. The van der Waals surface area contributed by atoms with Crippen LogP contribution in [-0.2, 0) is 0 Å². The van der Waals surface area contributed by atoms with E-state index in [1.807, 2.05) is 6.92 Å². The fraction of sp³-hybridized carbons (Fsp3) is 0.833. The number of rotatable bonds is 7. The van der Waals surface area contributed by atoms with Crippen molar-refractivity contribution in [3.05, 3.63) is 12.2 Å². The summed E-state index contributed by atoms with van der Waals surface area (Å²) in [5.74, 6) is 2.14. The van der Waals surface area contributed by atoms with E-state index in [0.717, 1.165) is 31.6 Å². The number of hydrogen-bond acceptors (Lipinski definition) is 3. The summed E-state index contributed by atoms with van der Waals surface area (Å²) in [5.41, 5.74) is 0.0453. The van der Waals surface area contributed by atoms with Crippen LogP contribution < -0.4 is 5.32 Å². The average molecular weight is 435 g/mol. The summed E-state index contributed by atoms with van der Waals surface area (Å²) < 4.78 is 14.7. The Bertz CT molecular complexity index is 454. The van der Waals surface area contributed by atoms with E-state index in [-0.39, 0.29) is 12.2 Å². The largest absolute Gasteiger partial charge is 0.368 e. The van der Waals surface area contributed by atoms with E-state index >= 15 is 0 Å². The predicted octanol–water partition coefficient (Wildman–Crippen LogP) is 4.53. The highest BCUT2D eigenvalue weighted by Crippen LogP contribution is 2.42. The molecule has 0 radical (unpaired) electrons. The molecule has 1 heterocycles. The topological polar surface area (TPSA) is 27.6 Å². The normalized spacial score (nSPS) is 34.7. The number of unbranched alkanes of at least 4 members (excludes halogenated alkanes) is 2. The first kappa shape index (κ1) is 19.2. The molecule has 5 heteroatoms. The van der Waals surface area contributed by atoms with Crippen molar-refractivity contribution in [1.29, 1.82) is 0 Å². The summed E-state index contributed by atoms with van der Waals surface area (Å²) in [6.45, 7) is 9.78. The van der Waals surface area contributed by atoms with Crippen molar-refractivity contribution in [1.82, 2.24) is 8.43 Å². The molecule has 2 rings (SSSR count). The predicted molar refractivity (Wildman–Crippen MR) is 105 cm³/mol. The minimum Gasteiger partial charge on any atom is -0.368 e. The Morgan fingerprint density at radius 3 is 2.91 bits per heavy atom. The molecule has 0 saturated heterocycles. The molecule has 0 fully saturated rings. The highest BCUT2D eigenvalue weighted by atomic mass is 127. The number of fused-ring (bicyclic) bond motifs is 1. The second-order valence-corrected chi connectivity index (χ2v) is 8.37. The number of nitrogens with zero attached hydrogens (tertiary/aromatic N) is 2. The molecule has 0 amide bonds. The molecule has 0 aromatic rings. The van der Waals surface area contributed by atoms with E-state index < -0.39 is 0 Å². The van der Waals surface area contributed by atoms with Gasteiger partial charge in [0.1, 0.15) is 0 Å². The summed E-state index contributed by atoms with van der Waals surface area (Å²) in [6, 6.07) is 0.908. The molecule has 3 nitrogen and oxygen atoms in total. The van der Waals surface area contributed by atoms with Crippen molar-refractivity contribution in [3.63, 3.8) is 0 Å². The number of aliphatic imine (C=N–C) groups is 1. The lowest BCUT2D eigenvalue weighted by Crippen LogP contribution is -2.58. The third kappa shape index (κ3) is 4.27. The van der Waals surface area contributed by atoms with Crippen LogP contribution in [0.4, 0.5) is 4.39 Å². The van der Waals surface area contributed by atoms with E-state index in [2.05, 4.69) is 69.2 Å². The molecule has 0 saturated carbocycles. The van der Waals surface area contributed by atoms with E-state index in [4.69, 9.17) is 0 Å². The lowest BCUT2D eigenvalue weighted by atomic mass is 9.69. The van der Waals surface area contributed by atoms with Crippen LogP contribution in [0, 0.1) is 11.8 Å². The zero-order valence-electron chi connectivity index (χ0n) is 14.9. The molecule has 0 aromatic carbocycles. The van der Waals surface area contributed by atoms with Crippen LogP contribution in [0.5, 0.6) is 0 Å². The summed E-state index contributed by atoms with van der Waals surface area (Å²) in [5, 5.41) is 3.51. The van der Waals surface area contributed by atoms with Gasteiger partial charge in [0.05, 0.1) is 18.6 Å². The fourth-order valence-electron chi connectivity index (χ4n) is 3.86. The molecular formula is C18H31FIN3. The molecular weight excluding hydrogens is 404 g/mol. The summed E-state index contributed by atoms with van der Waals surface area (Å²) in [4.78, 5) is 4.62. The molecule has 0 aromatic heterocycles. The van der Waals surface area contributed by atoms with Gasteiger partial charge in [-0.05, 0) is 39.5 Å². The van der Waals surface area contributed by atoms with Gasteiger partial charge in [-0.3, -0.25) is 9.38 Å². The van der Waals surface area contributed by atoms with Gasteiger partial charge in [0.25, 0.3) is 0 Å². The van der Waals surface area contributed by atoms with Gasteiger partial charge in [-0.15, -0.1) is 0 Å². The van der Waals surface area contributed by atoms with Crippen molar-refractivity contribution in [2.75, 3.05) is 13.2 Å². The monoisotopic (exact) mass is 435 g/mol. The van der Waals surface area contributed by atoms with Gasteiger partial charge in [-0.1, -0.05) is 31.9 Å². The summed E-state index contributed by atoms with van der Waals surface area (Å²) in [7, 11) is 0. The molecule has 1 aliphatic carbocycles. The number of nitrogens with one attached hydrogen (secondary N) is 1. The van der Waals surface area contributed by atoms with Crippen molar-refractivity contribution >= 4 is 28.7 Å². The Morgan fingerprint density at radius 2 is 2.22 bits per heavy atom. The van der Waals surface area contributed by atoms with Crippen LogP contribution >= 0.6 is 22.9 Å². The minimum absolute atomic E-state index is 0.0453. The molecule has 1 aliphatic heterocycles. The summed E-state index contributed by atoms with van der Waals surface area (Å²) >= 11 is 2.50. The SMILES string of the molecule is CC1=NC[C@H]2C(C=CC(C)(N(I)[C@H](C)CCCCCF)[C@H]2C)N1. The molecule has 132 valence electrons. The zero-order chi connectivity index (χ0) is 17.0. The van der Waals surface area contributed by atoms with E-state index in [1.165, 1.54) is 0 Å². The van der Waals surface area contributed by atoms with Crippen molar-refractivity contribution in [3.8, 4) is 0 Å². The highest BCUT2D eigenvalue weighted by Gasteiger charge is 2.45. The average Bonchev–Trinajstić information content (AvgIpc) is 2.54. The molecule has 2 unspecified atom stereocenters. The van der Waals surface area contributed by atoms with Crippen molar-refractivity contribution in [2.45, 2.75) is 71.0 Å². The molecule has 2 aliphatic rings. The van der Waals surface area contributed by atoms with Crippen LogP contribution in [0.15, 0.2) is 17.1 Å². The van der Waals surface area contributed by atoms with E-state index in [0.29, 0.717) is 30.3 Å². The Balaban J connectivity index is 2.01. The first-order valence-corrected chi connectivity index (χ1v) is 9.84. The summed E-state index contributed by atoms with van der Waals surface area (Å²) in [6.07, 6.45) is 8.65. The third-order valence-corrected chi connectivity index (χ3v) is 7.67. The standard InChI is InChI=1S/C18H31FIN3/c1-13(8-6-5-7-11-19)23(20)18(4)10-9-17-16(14(18)2)12-21-15(3)22-17/h9-10,13-14,16-17H,5-8,11-12H2,1-4H3,(H,21,22)/t13-,14+,16-,17?,18?/m1/s1. The number of alkyl halides is 1. The molecule has 0 bridgehead atoms. The van der Waals surface area contributed by atoms with E-state index in [9.17, 15) is 4.39 Å². The zero-order valence-corrected chi connectivity index (χ0v) is 17.0. The Labute approximate surface area is 154 Å². The molecule has 1 N–H and O–H groups in total. The van der Waals surface area contributed by atoms with Crippen LogP contribution in [-0.4, -0.2) is 39.8 Å². The van der Waals surface area contributed by atoms with Gasteiger partial charge in [-0.2, -0.15) is 0 Å². The lowest BCUT2D eigenvalue weighted by Gasteiger charge is -2.50. The Kier molecular flexibility index (Phi) is 6.89. The maximum absolute atomic E-state index is 12.2. The van der Waals surface area contributed by atoms with Gasteiger partial charge < -0.3 is 5.32 Å². The molecule has 23 heavy (non-hydrogen) atoms. The van der Waals surface area contributed by atoms with Crippen LogP contribution in [0.1, 0.15) is 53.4 Å². The lowest BCUT2D eigenvalue weighted by molar-refractivity contribution is 0.112. The second kappa shape index (κ2) is 8.28. The van der Waals surface area contributed by atoms with Gasteiger partial charge in [0, 0.05) is 46.9 Å². The first-order chi connectivity index (χ1) is 10.9. The van der Waals surface area contributed by atoms with Crippen molar-refractivity contribution < 1.29 is 4.39 Å². The van der Waals surface area contributed by atoms with Crippen molar-refractivity contribution in [2.24, 2.45) is 16.8 Å². The fourth-order valence-corrected chi connectivity index (χ4v) is 4.74. The Hall–Kier alpha value is -0.170. The first-order valence-electron chi connectivity index (χ1n) is 8.88. The van der Waals surface area contributed by atoms with Gasteiger partial charge >= 0.3 is 0 Å². The van der Waals surface area contributed by atoms with E-state index in [1.54, 1.807) is 0 Å². The third-order valence-electron chi connectivity index (χ3n) is 5.68. The number of amidine groups is 1. The smallest absolute Gasteiger partial charge is 0.0936 e. The van der Waals surface area contributed by atoms with Crippen LogP contribution in [0.2, 0.25) is 0 Å². The van der Waals surface area contributed by atoms with Gasteiger partial charge in [0.2, 0.25) is 0 Å². The maximum Gasteiger partial charge on any atom is 0.0936 e.